The molecule has 0 fully saturated rings. The average molecular weight is 375 g/mol. The summed E-state index contributed by atoms with van der Waals surface area (Å²) in [6.07, 6.45) is 3.11. The molecule has 0 atom stereocenters. The highest BCUT2D eigenvalue weighted by Gasteiger charge is 2.15. The Bertz CT molecular complexity index is 906. The number of halogens is 2. The van der Waals surface area contributed by atoms with Crippen molar-refractivity contribution in [3.8, 4) is 0 Å². The fourth-order valence-corrected chi connectivity index (χ4v) is 2.71. The van der Waals surface area contributed by atoms with Crippen LogP contribution in [0.4, 0.5) is 11.5 Å². The van der Waals surface area contributed by atoms with E-state index in [9.17, 15) is 9.59 Å². The standard InChI is InChI=1S/C17H12Cl2N4O2/c18-11-3-1-4-12(19)15(11)17(25)22-10-6-8-21-14(9-10)23-16(24)13-5-2-7-20-13/h1-9,20H,(H2,21,22,23,24,25). The Morgan fingerprint density at radius 1 is 0.960 bits per heavy atom. The van der Waals surface area contributed by atoms with Gasteiger partial charge >= 0.3 is 0 Å². The molecule has 2 amide bonds. The molecule has 0 saturated carbocycles. The number of hydrogen-bond donors (Lipinski definition) is 3. The summed E-state index contributed by atoms with van der Waals surface area (Å²) in [5, 5.41) is 5.82. The summed E-state index contributed by atoms with van der Waals surface area (Å²) in [6.45, 7) is 0. The summed E-state index contributed by atoms with van der Waals surface area (Å²) in [6, 6.07) is 11.3. The molecule has 2 aromatic heterocycles. The van der Waals surface area contributed by atoms with Gasteiger partial charge in [-0.15, -0.1) is 0 Å². The number of nitrogens with zero attached hydrogens (tertiary/aromatic N) is 1. The second-order valence-electron chi connectivity index (χ2n) is 5.02. The predicted molar refractivity (Wildman–Crippen MR) is 97.4 cm³/mol. The molecule has 0 unspecified atom stereocenters. The Morgan fingerprint density at radius 2 is 1.72 bits per heavy atom. The fraction of sp³-hybridized carbons (Fsp3) is 0. The van der Waals surface area contributed by atoms with Crippen LogP contribution in [0.25, 0.3) is 0 Å². The number of benzene rings is 1. The summed E-state index contributed by atoms with van der Waals surface area (Å²) < 4.78 is 0. The molecule has 1 aromatic carbocycles. The van der Waals surface area contributed by atoms with Gasteiger partial charge in [-0.2, -0.15) is 0 Å². The minimum atomic E-state index is -0.455. The first kappa shape index (κ1) is 17.0. The third kappa shape index (κ3) is 3.99. The normalized spacial score (nSPS) is 10.3. The van der Waals surface area contributed by atoms with Crippen molar-refractivity contribution in [3.63, 3.8) is 0 Å². The molecule has 8 heteroatoms. The molecule has 0 saturated heterocycles. The number of amides is 2. The Kier molecular flexibility index (Phi) is 5.02. The van der Waals surface area contributed by atoms with Gasteiger partial charge in [0.15, 0.2) is 0 Å². The van der Waals surface area contributed by atoms with Gasteiger partial charge in [-0.3, -0.25) is 9.59 Å². The largest absolute Gasteiger partial charge is 0.357 e. The third-order valence-corrected chi connectivity index (χ3v) is 3.92. The van der Waals surface area contributed by atoms with Crippen molar-refractivity contribution in [1.82, 2.24) is 9.97 Å². The average Bonchev–Trinajstić information content (AvgIpc) is 3.09. The first-order valence-electron chi connectivity index (χ1n) is 7.21. The lowest BCUT2D eigenvalue weighted by molar-refractivity contribution is 0.101. The summed E-state index contributed by atoms with van der Waals surface area (Å²) >= 11 is 12.1. The van der Waals surface area contributed by atoms with Crippen molar-refractivity contribution in [1.29, 1.82) is 0 Å². The van der Waals surface area contributed by atoms with E-state index in [-0.39, 0.29) is 21.5 Å². The van der Waals surface area contributed by atoms with Crippen LogP contribution in [0.2, 0.25) is 10.0 Å². The number of carbonyl (C=O) groups is 2. The van der Waals surface area contributed by atoms with Crippen molar-refractivity contribution in [3.05, 3.63) is 76.2 Å². The van der Waals surface area contributed by atoms with E-state index in [4.69, 9.17) is 23.2 Å². The first-order valence-corrected chi connectivity index (χ1v) is 7.96. The van der Waals surface area contributed by atoms with Crippen LogP contribution in [-0.2, 0) is 0 Å². The van der Waals surface area contributed by atoms with Gasteiger partial charge in [-0.05, 0) is 30.3 Å². The second-order valence-corrected chi connectivity index (χ2v) is 5.83. The smallest absolute Gasteiger partial charge is 0.273 e. The summed E-state index contributed by atoms with van der Waals surface area (Å²) in [5.74, 6) is -0.499. The van der Waals surface area contributed by atoms with E-state index in [1.807, 2.05) is 0 Å². The van der Waals surface area contributed by atoms with Crippen LogP contribution in [0, 0.1) is 0 Å². The van der Waals surface area contributed by atoms with Crippen LogP contribution >= 0.6 is 23.2 Å². The van der Waals surface area contributed by atoms with E-state index in [1.165, 1.54) is 12.3 Å². The van der Waals surface area contributed by atoms with Crippen molar-refractivity contribution in [2.75, 3.05) is 10.6 Å². The van der Waals surface area contributed by atoms with E-state index < -0.39 is 5.91 Å². The van der Waals surface area contributed by atoms with Crippen LogP contribution in [-0.4, -0.2) is 21.8 Å². The molecule has 3 rings (SSSR count). The van der Waals surface area contributed by atoms with E-state index in [0.29, 0.717) is 17.2 Å². The lowest BCUT2D eigenvalue weighted by Crippen LogP contribution is -2.15. The maximum absolute atomic E-state index is 12.4. The quantitative estimate of drug-likeness (QED) is 0.638. The molecule has 0 radical (unpaired) electrons. The van der Waals surface area contributed by atoms with E-state index >= 15 is 0 Å². The molecule has 0 spiro atoms. The van der Waals surface area contributed by atoms with Crippen LogP contribution < -0.4 is 10.6 Å². The van der Waals surface area contributed by atoms with E-state index in [2.05, 4.69) is 20.6 Å². The minimum Gasteiger partial charge on any atom is -0.357 e. The topological polar surface area (TPSA) is 86.9 Å². The summed E-state index contributed by atoms with van der Waals surface area (Å²) in [5.41, 5.74) is 1.02. The fourth-order valence-electron chi connectivity index (χ4n) is 2.14. The molecule has 0 bridgehead atoms. The molecule has 3 aromatic rings. The van der Waals surface area contributed by atoms with Gasteiger partial charge in [0.2, 0.25) is 0 Å². The van der Waals surface area contributed by atoms with Crippen LogP contribution in [0.15, 0.2) is 54.9 Å². The van der Waals surface area contributed by atoms with E-state index in [0.717, 1.165) is 0 Å². The molecule has 2 heterocycles. The van der Waals surface area contributed by atoms with Gasteiger partial charge < -0.3 is 15.6 Å². The Balaban J connectivity index is 1.76. The Hall–Kier alpha value is -2.83. The van der Waals surface area contributed by atoms with Gasteiger partial charge in [-0.25, -0.2) is 4.98 Å². The zero-order chi connectivity index (χ0) is 17.8. The molecule has 0 aliphatic rings. The number of aromatic amines is 1. The number of hydrogen-bond acceptors (Lipinski definition) is 3. The van der Waals surface area contributed by atoms with Crippen LogP contribution in [0.5, 0.6) is 0 Å². The van der Waals surface area contributed by atoms with Gasteiger partial charge in [-0.1, -0.05) is 29.3 Å². The highest BCUT2D eigenvalue weighted by atomic mass is 35.5. The number of aromatic nitrogens is 2. The number of H-pyrrole nitrogens is 1. The number of pyridine rings is 1. The highest BCUT2D eigenvalue weighted by molar-refractivity contribution is 6.40. The highest BCUT2D eigenvalue weighted by Crippen LogP contribution is 2.25. The lowest BCUT2D eigenvalue weighted by atomic mass is 10.2. The van der Waals surface area contributed by atoms with Crippen molar-refractivity contribution in [2.24, 2.45) is 0 Å². The molecule has 25 heavy (non-hydrogen) atoms. The first-order chi connectivity index (χ1) is 12.0. The maximum atomic E-state index is 12.4. The third-order valence-electron chi connectivity index (χ3n) is 3.29. The summed E-state index contributed by atoms with van der Waals surface area (Å²) in [7, 11) is 0. The molecule has 0 aliphatic carbocycles. The van der Waals surface area contributed by atoms with E-state index in [1.54, 1.807) is 42.6 Å². The number of rotatable bonds is 4. The number of carbonyl (C=O) groups excluding carboxylic acids is 2. The number of nitrogens with one attached hydrogen (secondary N) is 3. The zero-order valence-corrected chi connectivity index (χ0v) is 14.2. The van der Waals surface area contributed by atoms with Crippen molar-refractivity contribution < 1.29 is 9.59 Å². The monoisotopic (exact) mass is 374 g/mol. The molecule has 3 N–H and O–H groups in total. The SMILES string of the molecule is O=C(Nc1cc(NC(=O)c2c(Cl)cccc2Cl)ccn1)c1ccc[nH]1. The number of anilines is 2. The minimum absolute atomic E-state index is 0.180. The maximum Gasteiger partial charge on any atom is 0.273 e. The second kappa shape index (κ2) is 7.38. The van der Waals surface area contributed by atoms with Gasteiger partial charge in [0.1, 0.15) is 11.5 Å². The molecular formula is C17H12Cl2N4O2. The van der Waals surface area contributed by atoms with Gasteiger partial charge in [0.05, 0.1) is 15.6 Å². The van der Waals surface area contributed by atoms with Crippen LogP contribution in [0.1, 0.15) is 20.8 Å². The predicted octanol–water partition coefficient (Wildman–Crippen LogP) is 4.22. The summed E-state index contributed by atoms with van der Waals surface area (Å²) in [4.78, 5) is 31.3. The van der Waals surface area contributed by atoms with Crippen LogP contribution in [0.3, 0.4) is 0 Å². The molecule has 6 nitrogen and oxygen atoms in total. The Morgan fingerprint density at radius 3 is 2.40 bits per heavy atom. The van der Waals surface area contributed by atoms with Crippen molar-refractivity contribution in [2.45, 2.75) is 0 Å². The van der Waals surface area contributed by atoms with Crippen molar-refractivity contribution >= 4 is 46.5 Å². The zero-order valence-electron chi connectivity index (χ0n) is 12.7. The van der Waals surface area contributed by atoms with Gasteiger partial charge in [0.25, 0.3) is 11.8 Å². The Labute approximate surface area is 153 Å². The molecule has 126 valence electrons. The molecular weight excluding hydrogens is 363 g/mol. The van der Waals surface area contributed by atoms with Gasteiger partial charge in [0, 0.05) is 24.1 Å². The molecule has 0 aliphatic heterocycles. The lowest BCUT2D eigenvalue weighted by Gasteiger charge is -2.09.